The van der Waals surface area contributed by atoms with Crippen molar-refractivity contribution < 1.29 is 4.74 Å². The van der Waals surface area contributed by atoms with Gasteiger partial charge >= 0.3 is 0 Å². The first-order valence-electron chi connectivity index (χ1n) is 7.16. The van der Waals surface area contributed by atoms with Gasteiger partial charge in [0.15, 0.2) is 0 Å². The van der Waals surface area contributed by atoms with Gasteiger partial charge in [0.2, 0.25) is 5.88 Å². The van der Waals surface area contributed by atoms with Gasteiger partial charge in [-0.15, -0.1) is 0 Å². The third-order valence-corrected chi connectivity index (χ3v) is 3.92. The van der Waals surface area contributed by atoms with Gasteiger partial charge in [-0.05, 0) is 19.3 Å². The lowest BCUT2D eigenvalue weighted by molar-refractivity contribution is 0.219. The van der Waals surface area contributed by atoms with Crippen LogP contribution < -0.4 is 4.74 Å². The molecule has 2 heterocycles. The molecule has 2 aromatic rings. The first-order valence-corrected chi connectivity index (χ1v) is 7.53. The molecule has 0 spiro atoms. The first-order chi connectivity index (χ1) is 9.67. The molecule has 20 heavy (non-hydrogen) atoms. The second kappa shape index (κ2) is 6.88. The number of fused-ring (bicyclic) bond motifs is 1. The molecule has 0 fully saturated rings. The Bertz CT molecular complexity index is 570. The smallest absolute Gasteiger partial charge is 0.256 e. The van der Waals surface area contributed by atoms with E-state index in [-0.39, 0.29) is 0 Å². The Morgan fingerprint density at radius 2 is 2.20 bits per heavy atom. The average Bonchev–Trinajstić information content (AvgIpc) is 2.90. The van der Waals surface area contributed by atoms with E-state index in [9.17, 15) is 0 Å². The summed E-state index contributed by atoms with van der Waals surface area (Å²) in [5.74, 6) is 1.67. The zero-order valence-corrected chi connectivity index (χ0v) is 13.0. The van der Waals surface area contributed by atoms with Gasteiger partial charge in [-0.3, -0.25) is 0 Å². The monoisotopic (exact) mass is 296 g/mol. The molecule has 0 amide bonds. The van der Waals surface area contributed by atoms with E-state index in [1.54, 1.807) is 4.52 Å². The van der Waals surface area contributed by atoms with E-state index in [1.807, 2.05) is 6.92 Å². The van der Waals surface area contributed by atoms with Crippen molar-refractivity contribution in [3.63, 3.8) is 0 Å². The Morgan fingerprint density at radius 1 is 1.40 bits per heavy atom. The lowest BCUT2D eigenvalue weighted by Gasteiger charge is -2.17. The summed E-state index contributed by atoms with van der Waals surface area (Å²) in [6.45, 7) is 6.96. The second-order valence-electron chi connectivity index (χ2n) is 5.03. The van der Waals surface area contributed by atoms with Crippen LogP contribution in [0.1, 0.15) is 45.1 Å². The number of hydrogen-bond donors (Lipinski definition) is 0. The molecule has 0 radical (unpaired) electrons. The van der Waals surface area contributed by atoms with Crippen LogP contribution in [0.4, 0.5) is 0 Å². The van der Waals surface area contributed by atoms with Gasteiger partial charge in [0.25, 0.3) is 5.78 Å². The maximum absolute atomic E-state index is 6.11. The van der Waals surface area contributed by atoms with Crippen LogP contribution in [0, 0.1) is 12.8 Å². The summed E-state index contributed by atoms with van der Waals surface area (Å²) >= 11 is 6.11. The van der Waals surface area contributed by atoms with Crippen molar-refractivity contribution in [1.82, 2.24) is 19.6 Å². The Hall–Kier alpha value is -1.36. The van der Waals surface area contributed by atoms with Crippen LogP contribution in [0.3, 0.4) is 0 Å². The van der Waals surface area contributed by atoms with Gasteiger partial charge in [0.1, 0.15) is 11.5 Å². The van der Waals surface area contributed by atoms with Crippen LogP contribution >= 0.6 is 11.6 Å². The summed E-state index contributed by atoms with van der Waals surface area (Å²) in [4.78, 5) is 8.22. The third kappa shape index (κ3) is 3.20. The van der Waals surface area contributed by atoms with E-state index in [1.165, 1.54) is 25.6 Å². The molecule has 0 aliphatic rings. The van der Waals surface area contributed by atoms with Gasteiger partial charge in [-0.2, -0.15) is 19.6 Å². The van der Waals surface area contributed by atoms with Crippen LogP contribution in [0.15, 0.2) is 6.33 Å². The summed E-state index contributed by atoms with van der Waals surface area (Å²) in [6.07, 6.45) is 6.20. The van der Waals surface area contributed by atoms with Crippen molar-refractivity contribution >= 4 is 17.4 Å². The van der Waals surface area contributed by atoms with E-state index in [2.05, 4.69) is 28.9 Å². The summed E-state index contributed by atoms with van der Waals surface area (Å²) in [5.41, 5.74) is 0.801. The van der Waals surface area contributed by atoms with Crippen LogP contribution in [0.5, 0.6) is 5.88 Å². The fourth-order valence-electron chi connectivity index (χ4n) is 2.14. The average molecular weight is 297 g/mol. The minimum absolute atomic E-state index is 0.419. The lowest BCUT2D eigenvalue weighted by atomic mass is 10.0. The Kier molecular flexibility index (Phi) is 5.17. The van der Waals surface area contributed by atoms with E-state index in [0.29, 0.717) is 29.3 Å². The van der Waals surface area contributed by atoms with E-state index in [0.717, 1.165) is 12.0 Å². The van der Waals surface area contributed by atoms with Gasteiger partial charge in [0, 0.05) is 5.56 Å². The lowest BCUT2D eigenvalue weighted by Crippen LogP contribution is -2.14. The maximum Gasteiger partial charge on any atom is 0.256 e. The predicted octanol–water partition coefficient (Wildman–Crippen LogP) is 3.68. The molecule has 0 saturated carbocycles. The Morgan fingerprint density at radius 3 is 2.90 bits per heavy atom. The molecule has 110 valence electrons. The number of nitrogens with zero attached hydrogens (tertiary/aromatic N) is 4. The molecule has 0 aromatic carbocycles. The molecule has 6 heteroatoms. The summed E-state index contributed by atoms with van der Waals surface area (Å²) in [7, 11) is 0. The van der Waals surface area contributed by atoms with Gasteiger partial charge < -0.3 is 4.74 Å². The molecule has 1 atom stereocenters. The molecule has 5 nitrogen and oxygen atoms in total. The number of ether oxygens (including phenoxy) is 1. The Labute approximate surface area is 124 Å². The number of aromatic nitrogens is 4. The van der Waals surface area contributed by atoms with Crippen molar-refractivity contribution in [3.8, 4) is 5.88 Å². The Balaban J connectivity index is 2.16. The fourth-order valence-corrected chi connectivity index (χ4v) is 2.29. The molecule has 2 aromatic heterocycles. The molecular formula is C14H21ClN4O. The van der Waals surface area contributed by atoms with Gasteiger partial charge in [0.05, 0.1) is 6.61 Å². The summed E-state index contributed by atoms with van der Waals surface area (Å²) in [6, 6.07) is 0. The molecule has 0 saturated heterocycles. The molecule has 0 aliphatic heterocycles. The normalized spacial score (nSPS) is 12.8. The van der Waals surface area contributed by atoms with Gasteiger partial charge in [-0.25, -0.2) is 0 Å². The van der Waals surface area contributed by atoms with Crippen molar-refractivity contribution in [2.75, 3.05) is 6.61 Å². The third-order valence-electron chi connectivity index (χ3n) is 3.55. The van der Waals surface area contributed by atoms with Crippen LogP contribution in [-0.4, -0.2) is 26.2 Å². The van der Waals surface area contributed by atoms with E-state index in [4.69, 9.17) is 16.3 Å². The van der Waals surface area contributed by atoms with Crippen molar-refractivity contribution in [2.24, 2.45) is 5.92 Å². The quantitative estimate of drug-likeness (QED) is 0.731. The van der Waals surface area contributed by atoms with Crippen LogP contribution in [0.2, 0.25) is 5.15 Å². The standard InChI is InChI=1S/C14H21ClN4O/c1-4-6-7-11(5-2)8-20-13-10(3)12(15)18-14-16-9-17-19(13)14/h9,11H,4-8H2,1-3H3. The van der Waals surface area contributed by atoms with Gasteiger partial charge in [-0.1, -0.05) is 44.7 Å². The number of hydrogen-bond acceptors (Lipinski definition) is 4. The zero-order chi connectivity index (χ0) is 14.5. The molecule has 2 rings (SSSR count). The summed E-state index contributed by atoms with van der Waals surface area (Å²) in [5, 5.41) is 4.56. The van der Waals surface area contributed by atoms with Crippen molar-refractivity contribution in [3.05, 3.63) is 17.0 Å². The summed E-state index contributed by atoms with van der Waals surface area (Å²) < 4.78 is 7.58. The zero-order valence-electron chi connectivity index (χ0n) is 12.3. The van der Waals surface area contributed by atoms with Crippen LogP contribution in [0.25, 0.3) is 5.78 Å². The molecule has 1 unspecified atom stereocenters. The fraction of sp³-hybridized carbons (Fsp3) is 0.643. The number of unbranched alkanes of at least 4 members (excludes halogenated alkanes) is 1. The van der Waals surface area contributed by atoms with Crippen molar-refractivity contribution in [2.45, 2.75) is 46.5 Å². The largest absolute Gasteiger partial charge is 0.477 e. The predicted molar refractivity (Wildman–Crippen MR) is 79.3 cm³/mol. The van der Waals surface area contributed by atoms with E-state index >= 15 is 0 Å². The minimum atomic E-state index is 0.419. The highest BCUT2D eigenvalue weighted by molar-refractivity contribution is 6.30. The van der Waals surface area contributed by atoms with Crippen LogP contribution in [-0.2, 0) is 0 Å². The number of rotatable bonds is 7. The maximum atomic E-state index is 6.11. The SMILES string of the molecule is CCCCC(CC)COc1c(C)c(Cl)nc2ncnn12. The van der Waals surface area contributed by atoms with E-state index < -0.39 is 0 Å². The first kappa shape index (κ1) is 15.0. The highest BCUT2D eigenvalue weighted by atomic mass is 35.5. The minimum Gasteiger partial charge on any atom is -0.477 e. The molecule has 0 aliphatic carbocycles. The molecular weight excluding hydrogens is 276 g/mol. The second-order valence-corrected chi connectivity index (χ2v) is 5.39. The number of halogens is 1. The highest BCUT2D eigenvalue weighted by Crippen LogP contribution is 2.25. The highest BCUT2D eigenvalue weighted by Gasteiger charge is 2.15. The molecule has 0 N–H and O–H groups in total. The molecule has 0 bridgehead atoms. The topological polar surface area (TPSA) is 52.3 Å². The van der Waals surface area contributed by atoms with Crippen molar-refractivity contribution in [1.29, 1.82) is 0 Å².